The first kappa shape index (κ1) is 15.2. The van der Waals surface area contributed by atoms with E-state index in [1.807, 2.05) is 42.5 Å². The summed E-state index contributed by atoms with van der Waals surface area (Å²) in [7, 11) is 0. The Morgan fingerprint density at radius 2 is 1.50 bits per heavy atom. The molecule has 0 aliphatic carbocycles. The van der Waals surface area contributed by atoms with Crippen molar-refractivity contribution in [1.29, 1.82) is 0 Å². The van der Waals surface area contributed by atoms with E-state index in [9.17, 15) is 0 Å². The van der Waals surface area contributed by atoms with E-state index in [1.165, 1.54) is 0 Å². The van der Waals surface area contributed by atoms with Crippen LogP contribution in [0.25, 0.3) is 44.2 Å². The van der Waals surface area contributed by atoms with Crippen molar-refractivity contribution in [3.05, 3.63) is 77.5 Å². The van der Waals surface area contributed by atoms with Crippen molar-refractivity contribution in [3.63, 3.8) is 0 Å². The number of rotatable bonds is 2. The zero-order chi connectivity index (χ0) is 17.5. The van der Waals surface area contributed by atoms with Gasteiger partial charge in [0.2, 0.25) is 0 Å². The molecule has 26 heavy (non-hydrogen) atoms. The van der Waals surface area contributed by atoms with Gasteiger partial charge in [0.25, 0.3) is 0 Å². The lowest BCUT2D eigenvalue weighted by Gasteiger charge is -2.08. The third-order valence-electron chi connectivity index (χ3n) is 4.46. The van der Waals surface area contributed by atoms with Crippen LogP contribution in [0.15, 0.2) is 82.0 Å². The molecule has 0 aliphatic rings. The van der Waals surface area contributed by atoms with Gasteiger partial charge in [0.05, 0.1) is 5.39 Å². The Labute approximate surface area is 157 Å². The largest absolute Gasteiger partial charge is 0.363 e. The van der Waals surface area contributed by atoms with E-state index < -0.39 is 0 Å². The number of nitrogens with zero attached hydrogens (tertiary/aromatic N) is 3. The minimum atomic E-state index is 0.713. The molecule has 4 nitrogen and oxygen atoms in total. The fraction of sp³-hybridized carbons (Fsp3) is 0. The second kappa shape index (κ2) is 6.04. The summed E-state index contributed by atoms with van der Waals surface area (Å²) in [6, 6.07) is 22.3. The predicted octanol–water partition coefficient (Wildman–Crippen LogP) is 5.87. The van der Waals surface area contributed by atoms with Crippen LogP contribution in [0.4, 0.5) is 0 Å². The van der Waals surface area contributed by atoms with Gasteiger partial charge >= 0.3 is 0 Å². The average molecular weight is 402 g/mol. The van der Waals surface area contributed by atoms with Gasteiger partial charge in [0.15, 0.2) is 0 Å². The summed E-state index contributed by atoms with van der Waals surface area (Å²) in [5, 5.41) is 16.3. The van der Waals surface area contributed by atoms with E-state index in [0.717, 1.165) is 37.5 Å². The lowest BCUT2D eigenvalue weighted by atomic mass is 9.99. The SMILES string of the molecule is Brc1ccc(-c2nnc(-c3cccc4ccccc34)c3conc23)cc1. The van der Waals surface area contributed by atoms with Gasteiger partial charge in [-0.2, -0.15) is 0 Å². The topological polar surface area (TPSA) is 51.8 Å². The van der Waals surface area contributed by atoms with Crippen molar-refractivity contribution in [2.75, 3.05) is 0 Å². The van der Waals surface area contributed by atoms with Crippen LogP contribution >= 0.6 is 15.9 Å². The normalized spacial score (nSPS) is 11.3. The first-order chi connectivity index (χ1) is 12.8. The molecule has 0 aliphatic heterocycles. The Morgan fingerprint density at radius 1 is 0.731 bits per heavy atom. The van der Waals surface area contributed by atoms with Crippen molar-refractivity contribution in [2.45, 2.75) is 0 Å². The molecule has 0 saturated carbocycles. The lowest BCUT2D eigenvalue weighted by Crippen LogP contribution is -1.94. The molecule has 5 rings (SSSR count). The zero-order valence-electron chi connectivity index (χ0n) is 13.6. The van der Waals surface area contributed by atoms with Gasteiger partial charge in [-0.25, -0.2) is 0 Å². The average Bonchev–Trinajstić information content (AvgIpc) is 3.18. The number of hydrogen-bond donors (Lipinski definition) is 0. The minimum Gasteiger partial charge on any atom is -0.363 e. The van der Waals surface area contributed by atoms with Gasteiger partial charge in [0.1, 0.15) is 23.2 Å². The molecule has 0 unspecified atom stereocenters. The molecule has 0 radical (unpaired) electrons. The monoisotopic (exact) mass is 401 g/mol. The Balaban J connectivity index is 1.77. The van der Waals surface area contributed by atoms with Crippen molar-refractivity contribution in [3.8, 4) is 22.5 Å². The first-order valence-corrected chi connectivity index (χ1v) is 8.95. The van der Waals surface area contributed by atoms with E-state index >= 15 is 0 Å². The number of aromatic nitrogens is 3. The van der Waals surface area contributed by atoms with Crippen LogP contribution in [0.5, 0.6) is 0 Å². The molecule has 0 N–H and O–H groups in total. The summed E-state index contributed by atoms with van der Waals surface area (Å²) >= 11 is 3.46. The van der Waals surface area contributed by atoms with Crippen LogP contribution in [-0.4, -0.2) is 15.4 Å². The molecule has 2 heterocycles. The van der Waals surface area contributed by atoms with Crippen LogP contribution in [-0.2, 0) is 0 Å². The molecule has 124 valence electrons. The van der Waals surface area contributed by atoms with Crippen molar-refractivity contribution in [2.24, 2.45) is 0 Å². The van der Waals surface area contributed by atoms with Gasteiger partial charge in [-0.3, -0.25) is 0 Å². The summed E-state index contributed by atoms with van der Waals surface area (Å²) in [4.78, 5) is 0. The summed E-state index contributed by atoms with van der Waals surface area (Å²) in [5.74, 6) is 0. The van der Waals surface area contributed by atoms with Gasteiger partial charge in [-0.05, 0) is 22.9 Å². The van der Waals surface area contributed by atoms with Gasteiger partial charge in [-0.15, -0.1) is 10.2 Å². The Morgan fingerprint density at radius 3 is 2.38 bits per heavy atom. The molecular formula is C21H12BrN3O. The standard InChI is InChI=1S/C21H12BrN3O/c22-15-10-8-14(9-11-15)19-21-18(12-26-25-21)20(24-23-19)17-7-3-5-13-4-1-2-6-16(13)17/h1-12H. The molecule has 0 spiro atoms. The number of hydrogen-bond acceptors (Lipinski definition) is 4. The highest BCUT2D eigenvalue weighted by atomic mass is 79.9. The van der Waals surface area contributed by atoms with Crippen molar-refractivity contribution in [1.82, 2.24) is 15.4 Å². The molecule has 2 aromatic heterocycles. The van der Waals surface area contributed by atoms with E-state index in [4.69, 9.17) is 4.52 Å². The molecule has 3 aromatic carbocycles. The summed E-state index contributed by atoms with van der Waals surface area (Å²) in [6.45, 7) is 0. The fourth-order valence-electron chi connectivity index (χ4n) is 3.21. The number of benzene rings is 3. The highest BCUT2D eigenvalue weighted by Crippen LogP contribution is 2.34. The van der Waals surface area contributed by atoms with Crippen LogP contribution < -0.4 is 0 Å². The third kappa shape index (κ3) is 2.40. The van der Waals surface area contributed by atoms with Crippen LogP contribution in [0.1, 0.15) is 0 Å². The molecule has 5 heteroatoms. The van der Waals surface area contributed by atoms with Gasteiger partial charge < -0.3 is 4.52 Å². The summed E-state index contributed by atoms with van der Waals surface area (Å²) < 4.78 is 6.30. The van der Waals surface area contributed by atoms with E-state index in [2.05, 4.69) is 55.5 Å². The van der Waals surface area contributed by atoms with Gasteiger partial charge in [0, 0.05) is 15.6 Å². The minimum absolute atomic E-state index is 0.713. The van der Waals surface area contributed by atoms with Crippen LogP contribution in [0, 0.1) is 0 Å². The quantitative estimate of drug-likeness (QED) is 0.371. The zero-order valence-corrected chi connectivity index (χ0v) is 15.1. The maximum Gasteiger partial charge on any atom is 0.144 e. The molecule has 0 bridgehead atoms. The van der Waals surface area contributed by atoms with Crippen LogP contribution in [0.3, 0.4) is 0 Å². The second-order valence-electron chi connectivity index (χ2n) is 6.01. The van der Waals surface area contributed by atoms with E-state index in [1.54, 1.807) is 6.26 Å². The molecule has 5 aromatic rings. The maximum atomic E-state index is 5.29. The smallest absolute Gasteiger partial charge is 0.144 e. The summed E-state index contributed by atoms with van der Waals surface area (Å²) in [6.07, 6.45) is 1.64. The highest BCUT2D eigenvalue weighted by molar-refractivity contribution is 9.10. The number of fused-ring (bicyclic) bond motifs is 2. The molecule has 0 fully saturated rings. The Kier molecular flexibility index (Phi) is 3.53. The van der Waals surface area contributed by atoms with Gasteiger partial charge in [-0.1, -0.05) is 75.7 Å². The third-order valence-corrected chi connectivity index (χ3v) is 4.99. The van der Waals surface area contributed by atoms with Crippen molar-refractivity contribution < 1.29 is 4.52 Å². The van der Waals surface area contributed by atoms with E-state index in [-0.39, 0.29) is 0 Å². The molecule has 0 atom stereocenters. The predicted molar refractivity (Wildman–Crippen MR) is 106 cm³/mol. The Hall–Kier alpha value is -3.05. The van der Waals surface area contributed by atoms with Crippen molar-refractivity contribution >= 4 is 37.6 Å². The Bertz CT molecular complexity index is 1240. The second-order valence-corrected chi connectivity index (χ2v) is 6.92. The van der Waals surface area contributed by atoms with E-state index in [0.29, 0.717) is 11.2 Å². The molecule has 0 saturated heterocycles. The maximum absolute atomic E-state index is 5.29. The highest BCUT2D eigenvalue weighted by Gasteiger charge is 2.17. The molecule has 0 amide bonds. The van der Waals surface area contributed by atoms with Crippen LogP contribution in [0.2, 0.25) is 0 Å². The molecular weight excluding hydrogens is 390 g/mol. The summed E-state index contributed by atoms with van der Waals surface area (Å²) in [5.41, 5.74) is 4.17. The lowest BCUT2D eigenvalue weighted by molar-refractivity contribution is 0.428. The fourth-order valence-corrected chi connectivity index (χ4v) is 3.47. The number of halogens is 1. The first-order valence-electron chi connectivity index (χ1n) is 8.16.